The molecule has 4 aromatic carbocycles. The smallest absolute Gasteiger partial charge is 0.227 e. The number of nitrogens with zero attached hydrogens (tertiary/aromatic N) is 3. The Morgan fingerprint density at radius 1 is 0.692 bits per heavy atom. The van der Waals surface area contributed by atoms with E-state index in [0.717, 1.165) is 57.8 Å². The SMILES string of the molecule is O=C(CCc1ccc(-c2ccccc2)cc1)N1CC(CN2CCN(c3ccccc3)CC2)Cc2ccccc21. The van der Waals surface area contributed by atoms with E-state index in [1.807, 2.05) is 6.07 Å². The summed E-state index contributed by atoms with van der Waals surface area (Å²) in [6.45, 7) is 6.10. The van der Waals surface area contributed by atoms with E-state index in [9.17, 15) is 4.79 Å². The second-order valence-electron chi connectivity index (χ2n) is 10.9. The number of carbonyl (C=O) groups excluding carboxylic acids is 1. The molecule has 0 aromatic heterocycles. The van der Waals surface area contributed by atoms with Gasteiger partial charge in [0.15, 0.2) is 0 Å². The largest absolute Gasteiger partial charge is 0.369 e. The van der Waals surface area contributed by atoms with Gasteiger partial charge in [-0.3, -0.25) is 9.69 Å². The lowest BCUT2D eigenvalue weighted by molar-refractivity contribution is -0.118. The average Bonchev–Trinajstić information content (AvgIpc) is 3.01. The standard InChI is InChI=1S/C35H37N3O/c39-35(20-17-28-15-18-31(19-16-28)30-9-3-1-4-10-30)38-27-29(25-32-11-7-8-14-34(32)38)26-36-21-23-37(24-22-36)33-12-5-2-6-13-33/h1-16,18-19,29H,17,20-27H2. The highest BCUT2D eigenvalue weighted by molar-refractivity contribution is 5.94. The van der Waals surface area contributed by atoms with Gasteiger partial charge in [0.05, 0.1) is 0 Å². The fraction of sp³-hybridized carbons (Fsp3) is 0.286. The number of hydrogen-bond acceptors (Lipinski definition) is 3. The summed E-state index contributed by atoms with van der Waals surface area (Å²) in [7, 11) is 0. The number of benzene rings is 4. The maximum Gasteiger partial charge on any atom is 0.227 e. The first-order valence-corrected chi connectivity index (χ1v) is 14.3. The number of amides is 1. The first-order chi connectivity index (χ1) is 19.2. The summed E-state index contributed by atoms with van der Waals surface area (Å²) in [4.78, 5) is 20.7. The molecule has 0 saturated carbocycles. The zero-order chi connectivity index (χ0) is 26.4. The summed E-state index contributed by atoms with van der Waals surface area (Å²) >= 11 is 0. The fourth-order valence-corrected chi connectivity index (χ4v) is 6.11. The van der Waals surface area contributed by atoms with Crippen molar-refractivity contribution in [3.8, 4) is 11.1 Å². The Balaban J connectivity index is 1.07. The molecule has 1 amide bonds. The van der Waals surface area contributed by atoms with Crippen LogP contribution in [0.1, 0.15) is 17.5 Å². The van der Waals surface area contributed by atoms with Crippen molar-refractivity contribution < 1.29 is 4.79 Å². The zero-order valence-corrected chi connectivity index (χ0v) is 22.6. The highest BCUT2D eigenvalue weighted by Gasteiger charge is 2.30. The maximum atomic E-state index is 13.6. The minimum absolute atomic E-state index is 0.230. The van der Waals surface area contributed by atoms with E-state index in [-0.39, 0.29) is 5.91 Å². The number of fused-ring (bicyclic) bond motifs is 1. The van der Waals surface area contributed by atoms with Gasteiger partial charge in [0, 0.05) is 57.1 Å². The van der Waals surface area contributed by atoms with Crippen LogP contribution in [0.15, 0.2) is 109 Å². The minimum Gasteiger partial charge on any atom is -0.369 e. The molecule has 39 heavy (non-hydrogen) atoms. The molecule has 2 aliphatic rings. The lowest BCUT2D eigenvalue weighted by atomic mass is 9.91. The Bertz CT molecular complexity index is 1360. The number of para-hydroxylation sites is 2. The van der Waals surface area contributed by atoms with E-state index in [1.165, 1.54) is 27.9 Å². The second kappa shape index (κ2) is 11.9. The molecule has 0 spiro atoms. The van der Waals surface area contributed by atoms with Crippen molar-refractivity contribution in [3.63, 3.8) is 0 Å². The Morgan fingerprint density at radius 2 is 1.33 bits per heavy atom. The predicted octanol–water partition coefficient (Wildman–Crippen LogP) is 6.31. The van der Waals surface area contributed by atoms with E-state index in [0.29, 0.717) is 12.3 Å². The lowest BCUT2D eigenvalue weighted by Gasteiger charge is -2.40. The van der Waals surface area contributed by atoms with Crippen molar-refractivity contribution in [1.29, 1.82) is 0 Å². The predicted molar refractivity (Wildman–Crippen MR) is 161 cm³/mol. The minimum atomic E-state index is 0.230. The number of hydrogen-bond donors (Lipinski definition) is 0. The molecule has 4 heteroatoms. The Hall–Kier alpha value is -3.89. The average molecular weight is 516 g/mol. The zero-order valence-electron chi connectivity index (χ0n) is 22.6. The molecule has 0 N–H and O–H groups in total. The van der Waals surface area contributed by atoms with Crippen molar-refractivity contribution in [3.05, 3.63) is 120 Å². The van der Waals surface area contributed by atoms with Crippen LogP contribution in [-0.4, -0.2) is 50.1 Å². The van der Waals surface area contributed by atoms with Crippen LogP contribution in [-0.2, 0) is 17.6 Å². The third kappa shape index (κ3) is 6.07. The van der Waals surface area contributed by atoms with Crippen molar-refractivity contribution in [2.75, 3.05) is 49.1 Å². The van der Waals surface area contributed by atoms with Crippen LogP contribution in [0.4, 0.5) is 11.4 Å². The molecule has 1 saturated heterocycles. The fourth-order valence-electron chi connectivity index (χ4n) is 6.11. The monoisotopic (exact) mass is 515 g/mol. The molecule has 0 radical (unpaired) electrons. The molecular formula is C35H37N3O. The van der Waals surface area contributed by atoms with Crippen molar-refractivity contribution in [1.82, 2.24) is 4.90 Å². The molecule has 0 bridgehead atoms. The van der Waals surface area contributed by atoms with Crippen molar-refractivity contribution in [2.45, 2.75) is 19.3 Å². The van der Waals surface area contributed by atoms with Crippen molar-refractivity contribution >= 4 is 17.3 Å². The first kappa shape index (κ1) is 25.4. The van der Waals surface area contributed by atoms with Gasteiger partial charge in [0.2, 0.25) is 5.91 Å². The molecule has 2 aliphatic heterocycles. The Kier molecular flexibility index (Phi) is 7.73. The maximum absolute atomic E-state index is 13.6. The van der Waals surface area contributed by atoms with E-state index < -0.39 is 0 Å². The van der Waals surface area contributed by atoms with Gasteiger partial charge in [0.1, 0.15) is 0 Å². The molecule has 2 heterocycles. The summed E-state index contributed by atoms with van der Waals surface area (Å²) in [6.07, 6.45) is 2.33. The second-order valence-corrected chi connectivity index (χ2v) is 10.9. The summed E-state index contributed by atoms with van der Waals surface area (Å²) in [6, 6.07) is 38.3. The van der Waals surface area contributed by atoms with Gasteiger partial charge in [-0.05, 0) is 59.2 Å². The van der Waals surface area contributed by atoms with E-state index in [4.69, 9.17) is 0 Å². The van der Waals surface area contributed by atoms with Gasteiger partial charge < -0.3 is 9.80 Å². The van der Waals surface area contributed by atoms with E-state index in [2.05, 4.69) is 118 Å². The van der Waals surface area contributed by atoms with Gasteiger partial charge in [-0.25, -0.2) is 0 Å². The number of carbonyl (C=O) groups is 1. The Morgan fingerprint density at radius 3 is 2.08 bits per heavy atom. The molecule has 198 valence electrons. The highest BCUT2D eigenvalue weighted by atomic mass is 16.2. The van der Waals surface area contributed by atoms with Crippen LogP contribution < -0.4 is 9.80 Å². The first-order valence-electron chi connectivity index (χ1n) is 14.3. The summed E-state index contributed by atoms with van der Waals surface area (Å²) in [5.41, 5.74) is 7.36. The third-order valence-electron chi connectivity index (χ3n) is 8.23. The number of aryl methyl sites for hydroxylation is 1. The molecule has 6 rings (SSSR count). The molecular weight excluding hydrogens is 478 g/mol. The van der Waals surface area contributed by atoms with Gasteiger partial charge in [-0.2, -0.15) is 0 Å². The molecule has 1 fully saturated rings. The number of rotatable bonds is 7. The van der Waals surface area contributed by atoms with Crippen LogP contribution in [0.3, 0.4) is 0 Å². The normalized spacial score (nSPS) is 17.6. The molecule has 4 aromatic rings. The molecule has 0 aliphatic carbocycles. The van der Waals surface area contributed by atoms with Crippen LogP contribution in [0.2, 0.25) is 0 Å². The molecule has 1 unspecified atom stereocenters. The molecule has 4 nitrogen and oxygen atoms in total. The third-order valence-corrected chi connectivity index (χ3v) is 8.23. The van der Waals surface area contributed by atoms with E-state index in [1.54, 1.807) is 0 Å². The van der Waals surface area contributed by atoms with E-state index >= 15 is 0 Å². The summed E-state index contributed by atoms with van der Waals surface area (Å²) < 4.78 is 0. The summed E-state index contributed by atoms with van der Waals surface area (Å²) in [5.74, 6) is 0.686. The molecule has 1 atom stereocenters. The van der Waals surface area contributed by atoms with Gasteiger partial charge >= 0.3 is 0 Å². The van der Waals surface area contributed by atoms with Crippen molar-refractivity contribution in [2.24, 2.45) is 5.92 Å². The van der Waals surface area contributed by atoms with Gasteiger partial charge in [-0.15, -0.1) is 0 Å². The van der Waals surface area contributed by atoms with Crippen LogP contribution in [0.25, 0.3) is 11.1 Å². The lowest BCUT2D eigenvalue weighted by Crippen LogP contribution is -2.50. The van der Waals surface area contributed by atoms with Gasteiger partial charge in [-0.1, -0.05) is 91.0 Å². The quantitative estimate of drug-likeness (QED) is 0.288. The summed E-state index contributed by atoms with van der Waals surface area (Å²) in [5, 5.41) is 0. The highest BCUT2D eigenvalue weighted by Crippen LogP contribution is 2.31. The Labute approximate surface area is 232 Å². The number of piperazine rings is 1. The van der Waals surface area contributed by atoms with Gasteiger partial charge in [0.25, 0.3) is 0 Å². The van der Waals surface area contributed by atoms with Crippen LogP contribution >= 0.6 is 0 Å². The number of anilines is 2. The van der Waals surface area contributed by atoms with Crippen LogP contribution in [0, 0.1) is 5.92 Å². The topological polar surface area (TPSA) is 26.8 Å². The van der Waals surface area contributed by atoms with Crippen LogP contribution in [0.5, 0.6) is 0 Å².